The van der Waals surface area contributed by atoms with Crippen LogP contribution < -0.4 is 9.80 Å². The minimum Gasteiger partial charge on any atom is -0.462 e. The normalized spacial score (nSPS) is 19.1. The molecule has 0 unspecified atom stereocenters. The van der Waals surface area contributed by atoms with Gasteiger partial charge in [-0.25, -0.2) is 19.7 Å². The number of carbonyl (C=O) groups excluding carboxylic acids is 3. The number of carbonyl (C=O) groups is 3. The van der Waals surface area contributed by atoms with Crippen molar-refractivity contribution in [2.75, 3.05) is 42.6 Å². The number of ether oxygens (including phenoxy) is 1. The number of piperazine rings is 1. The molecule has 2 fully saturated rings. The van der Waals surface area contributed by atoms with E-state index in [2.05, 4.69) is 32.8 Å². The minimum atomic E-state index is -0.470. The van der Waals surface area contributed by atoms with Crippen LogP contribution in [0.3, 0.4) is 0 Å². The summed E-state index contributed by atoms with van der Waals surface area (Å²) in [5, 5.41) is 0. The fraction of sp³-hybridized carbons (Fsp3) is 0.480. The Morgan fingerprint density at radius 3 is 2.41 bits per heavy atom. The molecular weight excluding hydrogens is 434 g/mol. The van der Waals surface area contributed by atoms with Crippen molar-refractivity contribution >= 4 is 29.3 Å². The van der Waals surface area contributed by atoms with Crippen molar-refractivity contribution < 1.29 is 19.1 Å². The van der Waals surface area contributed by atoms with Gasteiger partial charge < -0.3 is 9.64 Å². The summed E-state index contributed by atoms with van der Waals surface area (Å²) in [7, 11) is 0. The van der Waals surface area contributed by atoms with Crippen molar-refractivity contribution in [1.29, 1.82) is 0 Å². The third kappa shape index (κ3) is 4.94. The van der Waals surface area contributed by atoms with Crippen LogP contribution in [0.15, 0.2) is 30.3 Å². The van der Waals surface area contributed by atoms with Gasteiger partial charge in [-0.15, -0.1) is 0 Å². The third-order valence-corrected chi connectivity index (χ3v) is 6.22. The van der Waals surface area contributed by atoms with Crippen LogP contribution in [0.4, 0.5) is 11.5 Å². The van der Waals surface area contributed by atoms with Gasteiger partial charge >= 0.3 is 5.97 Å². The van der Waals surface area contributed by atoms with E-state index in [4.69, 9.17) is 4.74 Å². The second kappa shape index (κ2) is 10.3. The van der Waals surface area contributed by atoms with E-state index in [1.165, 1.54) is 4.90 Å². The molecular formula is C25H31N5O4. The fourth-order valence-electron chi connectivity index (χ4n) is 4.55. The maximum atomic E-state index is 13.2. The maximum Gasteiger partial charge on any atom is 0.338 e. The van der Waals surface area contributed by atoms with Crippen molar-refractivity contribution in [1.82, 2.24) is 14.9 Å². The van der Waals surface area contributed by atoms with Gasteiger partial charge in [0.1, 0.15) is 11.6 Å². The number of nitrogens with zero attached hydrogens (tertiary/aromatic N) is 5. The summed E-state index contributed by atoms with van der Waals surface area (Å²) < 4.78 is 4.99. The second-order valence-electron chi connectivity index (χ2n) is 8.59. The Balaban J connectivity index is 1.40. The second-order valence-corrected chi connectivity index (χ2v) is 8.59. The molecule has 34 heavy (non-hydrogen) atoms. The van der Waals surface area contributed by atoms with Crippen molar-refractivity contribution in [2.24, 2.45) is 0 Å². The molecule has 1 aromatic heterocycles. The van der Waals surface area contributed by atoms with Gasteiger partial charge in [0.25, 0.3) is 5.91 Å². The molecule has 3 heterocycles. The zero-order valence-electron chi connectivity index (χ0n) is 20.0. The molecule has 1 atom stereocenters. The summed E-state index contributed by atoms with van der Waals surface area (Å²) in [5.74, 6) is 0.823. The Labute approximate surface area is 199 Å². The smallest absolute Gasteiger partial charge is 0.338 e. The van der Waals surface area contributed by atoms with Crippen LogP contribution in [0.25, 0.3) is 0 Å². The van der Waals surface area contributed by atoms with E-state index in [1.54, 1.807) is 31.2 Å². The number of aromatic nitrogens is 2. The lowest BCUT2D eigenvalue weighted by Gasteiger charge is -2.37. The first-order chi connectivity index (χ1) is 16.4. The van der Waals surface area contributed by atoms with Crippen molar-refractivity contribution in [3.8, 4) is 0 Å². The van der Waals surface area contributed by atoms with Gasteiger partial charge in [-0.05, 0) is 44.5 Å². The summed E-state index contributed by atoms with van der Waals surface area (Å²) in [5.41, 5.74) is 1.91. The Morgan fingerprint density at radius 2 is 1.76 bits per heavy atom. The number of hydrogen-bond acceptors (Lipinski definition) is 8. The highest BCUT2D eigenvalue weighted by atomic mass is 16.5. The van der Waals surface area contributed by atoms with Crippen LogP contribution in [0.1, 0.15) is 48.6 Å². The lowest BCUT2D eigenvalue weighted by Crippen LogP contribution is -2.52. The van der Waals surface area contributed by atoms with E-state index in [9.17, 15) is 14.4 Å². The molecule has 1 aromatic carbocycles. The molecule has 0 N–H and O–H groups in total. The van der Waals surface area contributed by atoms with Gasteiger partial charge in [-0.3, -0.25) is 14.5 Å². The number of esters is 1. The van der Waals surface area contributed by atoms with Crippen molar-refractivity contribution in [2.45, 2.75) is 46.1 Å². The van der Waals surface area contributed by atoms with E-state index in [0.717, 1.165) is 43.3 Å². The first-order valence-corrected chi connectivity index (χ1v) is 11.9. The summed E-state index contributed by atoms with van der Waals surface area (Å²) in [6, 6.07) is 7.98. The maximum absolute atomic E-state index is 13.2. The predicted molar refractivity (Wildman–Crippen MR) is 128 cm³/mol. The zero-order valence-corrected chi connectivity index (χ0v) is 20.0. The van der Waals surface area contributed by atoms with E-state index < -0.39 is 12.0 Å². The molecule has 2 aliphatic heterocycles. The molecule has 2 aromatic rings. The van der Waals surface area contributed by atoms with Crippen LogP contribution in [-0.4, -0.2) is 71.5 Å². The molecule has 0 aliphatic carbocycles. The molecule has 9 nitrogen and oxygen atoms in total. The molecule has 0 bridgehead atoms. The average Bonchev–Trinajstić information content (AvgIpc) is 3.13. The molecule has 2 amide bonds. The number of rotatable bonds is 7. The van der Waals surface area contributed by atoms with Gasteiger partial charge in [0.15, 0.2) is 0 Å². The highest BCUT2D eigenvalue weighted by Gasteiger charge is 2.43. The molecule has 9 heteroatoms. The van der Waals surface area contributed by atoms with E-state index in [-0.39, 0.29) is 24.8 Å². The molecule has 0 saturated carbocycles. The van der Waals surface area contributed by atoms with Crippen molar-refractivity contribution in [3.63, 3.8) is 0 Å². The highest BCUT2D eigenvalue weighted by molar-refractivity contribution is 6.22. The summed E-state index contributed by atoms with van der Waals surface area (Å²) in [4.78, 5) is 52.5. The highest BCUT2D eigenvalue weighted by Crippen LogP contribution is 2.27. The summed E-state index contributed by atoms with van der Waals surface area (Å²) in [6.07, 6.45) is 2.11. The Kier molecular flexibility index (Phi) is 7.21. The molecule has 0 spiro atoms. The number of hydrogen-bond donors (Lipinski definition) is 0. The minimum absolute atomic E-state index is 0.158. The number of amides is 2. The van der Waals surface area contributed by atoms with Crippen LogP contribution in [-0.2, 0) is 20.7 Å². The molecule has 2 aliphatic rings. The van der Waals surface area contributed by atoms with Gasteiger partial charge in [0.05, 0.1) is 30.3 Å². The van der Waals surface area contributed by atoms with Gasteiger partial charge in [-0.2, -0.15) is 0 Å². The van der Waals surface area contributed by atoms with Crippen LogP contribution in [0.5, 0.6) is 0 Å². The molecule has 2 saturated heterocycles. The van der Waals surface area contributed by atoms with E-state index in [1.807, 2.05) is 6.92 Å². The quantitative estimate of drug-likeness (QED) is 0.454. The topological polar surface area (TPSA) is 95.9 Å². The zero-order chi connectivity index (χ0) is 24.2. The number of benzene rings is 1. The first-order valence-electron chi connectivity index (χ1n) is 11.9. The van der Waals surface area contributed by atoms with Gasteiger partial charge in [0, 0.05) is 37.9 Å². The molecule has 0 radical (unpaired) electrons. The van der Waals surface area contributed by atoms with Crippen LogP contribution in [0.2, 0.25) is 0 Å². The largest absolute Gasteiger partial charge is 0.462 e. The standard InChI is InChI=1S/C25H31N5O4/c1-4-6-19-15-22(27-17(3)26-19)29-13-11-28(12-14-29)21-16-23(31)30(24(21)32)20-9-7-18(8-10-20)25(33)34-5-2/h7-10,15,21H,4-6,11-14,16H2,1-3H3/t21-/m0/s1. The summed E-state index contributed by atoms with van der Waals surface area (Å²) in [6.45, 7) is 8.88. The number of aryl methyl sites for hydroxylation is 2. The van der Waals surface area contributed by atoms with Crippen molar-refractivity contribution in [3.05, 3.63) is 47.4 Å². The van der Waals surface area contributed by atoms with Gasteiger partial charge in [-0.1, -0.05) is 13.3 Å². The average molecular weight is 466 g/mol. The predicted octanol–water partition coefficient (Wildman–Crippen LogP) is 2.37. The lowest BCUT2D eigenvalue weighted by atomic mass is 10.1. The fourth-order valence-corrected chi connectivity index (χ4v) is 4.55. The SMILES string of the molecule is CCCc1cc(N2CCN([C@H]3CC(=O)N(c4ccc(C(=O)OCC)cc4)C3=O)CC2)nc(C)n1. The Morgan fingerprint density at radius 1 is 1.06 bits per heavy atom. The number of anilines is 2. The third-order valence-electron chi connectivity index (χ3n) is 6.22. The lowest BCUT2D eigenvalue weighted by molar-refractivity contribution is -0.123. The van der Waals surface area contributed by atoms with E-state index >= 15 is 0 Å². The monoisotopic (exact) mass is 465 g/mol. The molecule has 180 valence electrons. The molecule has 4 rings (SSSR count). The summed E-state index contributed by atoms with van der Waals surface area (Å²) >= 11 is 0. The van der Waals surface area contributed by atoms with Crippen LogP contribution >= 0.6 is 0 Å². The van der Waals surface area contributed by atoms with Gasteiger partial charge in [0.2, 0.25) is 5.91 Å². The first kappa shape index (κ1) is 23.8. The Bertz CT molecular complexity index is 1060. The van der Waals surface area contributed by atoms with Crippen LogP contribution in [0, 0.1) is 6.92 Å². The Hall–Kier alpha value is -3.33. The van der Waals surface area contributed by atoms with E-state index in [0.29, 0.717) is 24.3 Å². The number of imide groups is 1.